The maximum atomic E-state index is 14.8. The first-order valence-electron chi connectivity index (χ1n) is 9.16. The van der Waals surface area contributed by atoms with Gasteiger partial charge in [0.05, 0.1) is 21.9 Å². The van der Waals surface area contributed by atoms with Crippen LogP contribution in [0.5, 0.6) is 0 Å². The fraction of sp³-hybridized carbons (Fsp3) is 0.381. The molecule has 0 bridgehead atoms. The molecule has 2 heterocycles. The highest BCUT2D eigenvalue weighted by Gasteiger charge is 2.30. The summed E-state index contributed by atoms with van der Waals surface area (Å²) in [6, 6.07) is 10.4. The molecule has 1 unspecified atom stereocenters. The molecule has 1 aromatic heterocycles. The van der Waals surface area contributed by atoms with Gasteiger partial charge in [-0.25, -0.2) is 13.8 Å². The van der Waals surface area contributed by atoms with Crippen molar-refractivity contribution in [1.82, 2.24) is 9.88 Å². The third-order valence-electron chi connectivity index (χ3n) is 5.01. The highest BCUT2D eigenvalue weighted by Crippen LogP contribution is 2.37. The lowest BCUT2D eigenvalue weighted by Gasteiger charge is -2.31. The number of ether oxygens (including phenoxy) is 1. The summed E-state index contributed by atoms with van der Waals surface area (Å²) in [5.74, 6) is -1.16. The van der Waals surface area contributed by atoms with Crippen molar-refractivity contribution in [2.45, 2.75) is 32.0 Å². The van der Waals surface area contributed by atoms with E-state index in [4.69, 9.17) is 4.74 Å². The summed E-state index contributed by atoms with van der Waals surface area (Å²) in [4.78, 5) is 6.86. The average molecular weight is 388 g/mol. The number of aryl methyl sites for hydroxylation is 1. The number of hydrogen-bond acceptors (Lipinski definition) is 4. The van der Waals surface area contributed by atoms with E-state index in [1.54, 1.807) is 6.92 Å². The molecular weight excluding hydrogens is 366 g/mol. The van der Waals surface area contributed by atoms with Crippen LogP contribution in [0.4, 0.5) is 8.78 Å². The van der Waals surface area contributed by atoms with Gasteiger partial charge in [0.15, 0.2) is 0 Å². The lowest BCUT2D eigenvalue weighted by molar-refractivity contribution is -0.0259. The van der Waals surface area contributed by atoms with Gasteiger partial charge in [-0.2, -0.15) is 0 Å². The number of hydrogen-bond donors (Lipinski definition) is 0. The number of nitrogens with zero attached hydrogens (tertiary/aromatic N) is 2. The number of likely N-dealkylation sites (tertiary alicyclic amines) is 1. The molecule has 1 saturated heterocycles. The SMILES string of the molecule is Cc1cc(F)c(C(OC2CCN(C)CC2)c2nc3ccccc3s2)c(F)c1. The van der Waals surface area contributed by atoms with Gasteiger partial charge < -0.3 is 9.64 Å². The zero-order valence-electron chi connectivity index (χ0n) is 15.4. The van der Waals surface area contributed by atoms with Crippen molar-refractivity contribution in [2.75, 3.05) is 20.1 Å². The van der Waals surface area contributed by atoms with Crippen molar-refractivity contribution in [1.29, 1.82) is 0 Å². The molecule has 3 nitrogen and oxygen atoms in total. The van der Waals surface area contributed by atoms with Gasteiger partial charge in [0.25, 0.3) is 0 Å². The second kappa shape index (κ2) is 7.62. The maximum absolute atomic E-state index is 14.8. The van der Waals surface area contributed by atoms with Crippen LogP contribution in [0.25, 0.3) is 10.2 Å². The quantitative estimate of drug-likeness (QED) is 0.623. The van der Waals surface area contributed by atoms with E-state index < -0.39 is 17.7 Å². The minimum Gasteiger partial charge on any atom is -0.363 e. The molecule has 142 valence electrons. The molecule has 0 aliphatic carbocycles. The van der Waals surface area contributed by atoms with Crippen LogP contribution < -0.4 is 0 Å². The van der Waals surface area contributed by atoms with Crippen LogP contribution in [-0.4, -0.2) is 36.1 Å². The van der Waals surface area contributed by atoms with Gasteiger partial charge in [0, 0.05) is 13.1 Å². The molecular formula is C21H22F2N2OS. The van der Waals surface area contributed by atoms with Crippen LogP contribution in [0.2, 0.25) is 0 Å². The smallest absolute Gasteiger partial charge is 0.140 e. The van der Waals surface area contributed by atoms with Crippen molar-refractivity contribution in [2.24, 2.45) is 0 Å². The normalized spacial score (nSPS) is 17.5. The molecule has 1 atom stereocenters. The Morgan fingerprint density at radius 1 is 1.15 bits per heavy atom. The topological polar surface area (TPSA) is 25.4 Å². The largest absolute Gasteiger partial charge is 0.363 e. The van der Waals surface area contributed by atoms with Crippen LogP contribution in [-0.2, 0) is 4.74 Å². The fourth-order valence-corrected chi connectivity index (χ4v) is 4.54. The molecule has 1 aliphatic heterocycles. The first-order chi connectivity index (χ1) is 13.0. The van der Waals surface area contributed by atoms with Crippen LogP contribution >= 0.6 is 11.3 Å². The Balaban J connectivity index is 1.75. The Labute approximate surface area is 161 Å². The first kappa shape index (κ1) is 18.5. The molecule has 0 N–H and O–H groups in total. The molecule has 3 aromatic rings. The number of benzene rings is 2. The molecule has 0 radical (unpaired) electrons. The van der Waals surface area contributed by atoms with Gasteiger partial charge in [0.1, 0.15) is 22.7 Å². The highest BCUT2D eigenvalue weighted by atomic mass is 32.1. The number of aromatic nitrogens is 1. The lowest BCUT2D eigenvalue weighted by atomic mass is 10.0. The number of rotatable bonds is 4. The summed E-state index contributed by atoms with van der Waals surface area (Å²) in [6.45, 7) is 3.51. The van der Waals surface area contributed by atoms with Gasteiger partial charge >= 0.3 is 0 Å². The second-order valence-corrected chi connectivity index (χ2v) is 8.24. The first-order valence-corrected chi connectivity index (χ1v) is 9.98. The van der Waals surface area contributed by atoms with E-state index in [0.717, 1.165) is 36.1 Å². The van der Waals surface area contributed by atoms with E-state index in [9.17, 15) is 8.78 Å². The third-order valence-corrected chi connectivity index (χ3v) is 6.09. The van der Waals surface area contributed by atoms with Gasteiger partial charge in [0.2, 0.25) is 0 Å². The van der Waals surface area contributed by atoms with Crippen LogP contribution in [0.1, 0.15) is 35.1 Å². The molecule has 0 saturated carbocycles. The minimum absolute atomic E-state index is 0.0430. The molecule has 1 aliphatic rings. The molecule has 6 heteroatoms. The van der Waals surface area contributed by atoms with E-state index in [0.29, 0.717) is 10.6 Å². The Morgan fingerprint density at radius 2 is 1.81 bits per heavy atom. The molecule has 0 spiro atoms. The van der Waals surface area contributed by atoms with E-state index in [1.165, 1.54) is 23.5 Å². The molecule has 2 aromatic carbocycles. The van der Waals surface area contributed by atoms with Crippen molar-refractivity contribution >= 4 is 21.6 Å². The fourth-order valence-electron chi connectivity index (χ4n) is 3.53. The van der Waals surface area contributed by atoms with Crippen molar-refractivity contribution in [3.05, 3.63) is 64.2 Å². The van der Waals surface area contributed by atoms with Gasteiger partial charge in [-0.3, -0.25) is 0 Å². The molecule has 1 fully saturated rings. The van der Waals surface area contributed by atoms with E-state index >= 15 is 0 Å². The monoisotopic (exact) mass is 388 g/mol. The van der Waals surface area contributed by atoms with Gasteiger partial charge in [-0.15, -0.1) is 11.3 Å². The summed E-state index contributed by atoms with van der Waals surface area (Å²) in [7, 11) is 2.07. The predicted molar refractivity (Wildman–Crippen MR) is 104 cm³/mol. The second-order valence-electron chi connectivity index (χ2n) is 7.18. The van der Waals surface area contributed by atoms with Gasteiger partial charge in [-0.05, 0) is 56.6 Å². The van der Waals surface area contributed by atoms with Crippen LogP contribution in [0.3, 0.4) is 0 Å². The van der Waals surface area contributed by atoms with Crippen molar-refractivity contribution in [3.8, 4) is 0 Å². The third kappa shape index (κ3) is 3.88. The van der Waals surface area contributed by atoms with Crippen LogP contribution in [0, 0.1) is 18.6 Å². The number of thiazole rings is 1. The standard InChI is InChI=1S/C21H22F2N2OS/c1-13-11-15(22)19(16(23)12-13)20(26-14-7-9-25(2)10-8-14)21-24-17-5-3-4-6-18(17)27-21/h3-6,11-12,14,20H,7-10H2,1-2H3. The summed E-state index contributed by atoms with van der Waals surface area (Å²) in [6.07, 6.45) is 0.801. The molecule has 0 amide bonds. The zero-order chi connectivity index (χ0) is 19.0. The lowest BCUT2D eigenvalue weighted by Crippen LogP contribution is -2.35. The number of para-hydroxylation sites is 1. The highest BCUT2D eigenvalue weighted by molar-refractivity contribution is 7.18. The van der Waals surface area contributed by atoms with E-state index in [2.05, 4.69) is 16.9 Å². The van der Waals surface area contributed by atoms with Crippen molar-refractivity contribution < 1.29 is 13.5 Å². The molecule has 27 heavy (non-hydrogen) atoms. The summed E-state index contributed by atoms with van der Waals surface area (Å²) < 4.78 is 36.8. The van der Waals surface area contributed by atoms with E-state index in [-0.39, 0.29) is 11.7 Å². The van der Waals surface area contributed by atoms with E-state index in [1.807, 2.05) is 24.3 Å². The Bertz CT molecular complexity index is 894. The number of halogens is 2. The Morgan fingerprint density at radius 3 is 2.48 bits per heavy atom. The summed E-state index contributed by atoms with van der Waals surface area (Å²) in [5, 5.41) is 0.594. The Hall–Kier alpha value is -1.89. The summed E-state index contributed by atoms with van der Waals surface area (Å²) in [5.41, 5.74) is 1.33. The number of fused-ring (bicyclic) bond motifs is 1. The van der Waals surface area contributed by atoms with Crippen molar-refractivity contribution in [3.63, 3.8) is 0 Å². The van der Waals surface area contributed by atoms with Gasteiger partial charge in [-0.1, -0.05) is 12.1 Å². The molecule has 4 rings (SSSR count). The zero-order valence-corrected chi connectivity index (χ0v) is 16.2. The predicted octanol–water partition coefficient (Wildman–Crippen LogP) is 5.08. The average Bonchev–Trinajstić information content (AvgIpc) is 3.05. The summed E-state index contributed by atoms with van der Waals surface area (Å²) >= 11 is 1.43. The van der Waals surface area contributed by atoms with Crippen LogP contribution in [0.15, 0.2) is 36.4 Å². The minimum atomic E-state index is -0.837. The Kier molecular flexibility index (Phi) is 5.21. The maximum Gasteiger partial charge on any atom is 0.140 e. The number of piperidine rings is 1.